The lowest BCUT2D eigenvalue weighted by Gasteiger charge is -2.26. The zero-order valence-corrected chi connectivity index (χ0v) is 20.8. The van der Waals surface area contributed by atoms with Crippen molar-refractivity contribution in [3.63, 3.8) is 0 Å². The second-order valence-corrected chi connectivity index (χ2v) is 11.2. The molecule has 2 aromatic heterocycles. The molecule has 4 aromatic rings. The molecule has 0 bridgehead atoms. The smallest absolute Gasteiger partial charge is 0.253 e. The standard InChI is InChI=1S/C25H28N6O3S/c1-16-6-10-19(11-7-16)35(33,34)15-31-24(27-28-29-31)23(30-12-4-5-13-30)21-14-20-17(2)8-9-18(3)22(20)26-25(21)32/h6-11,14,23H,4-5,12-13,15H2,1-3H3,(H,26,32). The maximum atomic E-state index is 13.4. The van der Waals surface area contributed by atoms with Gasteiger partial charge < -0.3 is 4.98 Å². The number of nitrogens with zero attached hydrogens (tertiary/aromatic N) is 5. The van der Waals surface area contributed by atoms with Crippen LogP contribution in [0, 0.1) is 20.8 Å². The normalized spacial score (nSPS) is 15.6. The summed E-state index contributed by atoms with van der Waals surface area (Å²) in [6.45, 7) is 7.42. The Hall–Kier alpha value is -3.37. The lowest BCUT2D eigenvalue weighted by Crippen LogP contribution is -2.34. The van der Waals surface area contributed by atoms with Gasteiger partial charge >= 0.3 is 0 Å². The van der Waals surface area contributed by atoms with E-state index in [0.29, 0.717) is 11.4 Å². The molecule has 1 N–H and O–H groups in total. The van der Waals surface area contributed by atoms with E-state index in [-0.39, 0.29) is 10.5 Å². The molecule has 1 fully saturated rings. The summed E-state index contributed by atoms with van der Waals surface area (Å²) in [4.78, 5) is 18.8. The first-order valence-corrected chi connectivity index (χ1v) is 13.3. The predicted molar refractivity (Wildman–Crippen MR) is 133 cm³/mol. The molecule has 0 spiro atoms. The molecule has 5 rings (SSSR count). The molecule has 1 aliphatic heterocycles. The largest absolute Gasteiger partial charge is 0.321 e. The van der Waals surface area contributed by atoms with Gasteiger partial charge in [0.15, 0.2) is 21.5 Å². The maximum absolute atomic E-state index is 13.4. The lowest BCUT2D eigenvalue weighted by atomic mass is 10.00. The van der Waals surface area contributed by atoms with E-state index in [2.05, 4.69) is 25.4 Å². The number of aromatic amines is 1. The Balaban J connectivity index is 1.62. The van der Waals surface area contributed by atoms with Crippen LogP contribution in [0.4, 0.5) is 0 Å². The van der Waals surface area contributed by atoms with Crippen molar-refractivity contribution >= 4 is 20.7 Å². The second-order valence-electron chi connectivity index (χ2n) is 9.28. The highest BCUT2D eigenvalue weighted by molar-refractivity contribution is 7.90. The molecule has 1 aliphatic rings. The topological polar surface area (TPSA) is 114 Å². The molecule has 1 unspecified atom stereocenters. The van der Waals surface area contributed by atoms with Gasteiger partial charge in [-0.15, -0.1) is 5.10 Å². The van der Waals surface area contributed by atoms with Gasteiger partial charge in [-0.1, -0.05) is 29.8 Å². The fourth-order valence-corrected chi connectivity index (χ4v) is 5.98. The molecule has 10 heteroatoms. The Morgan fingerprint density at radius 2 is 1.69 bits per heavy atom. The van der Waals surface area contributed by atoms with Crippen molar-refractivity contribution < 1.29 is 8.42 Å². The van der Waals surface area contributed by atoms with Crippen molar-refractivity contribution in [3.8, 4) is 0 Å². The van der Waals surface area contributed by atoms with Crippen molar-refractivity contribution in [2.45, 2.75) is 50.4 Å². The van der Waals surface area contributed by atoms with E-state index >= 15 is 0 Å². The van der Waals surface area contributed by atoms with E-state index in [1.807, 2.05) is 39.0 Å². The molecule has 2 aromatic carbocycles. The van der Waals surface area contributed by atoms with Crippen LogP contribution in [0.5, 0.6) is 0 Å². The van der Waals surface area contributed by atoms with Gasteiger partial charge in [0.2, 0.25) is 0 Å². The Kier molecular flexibility index (Phi) is 6.02. The lowest BCUT2D eigenvalue weighted by molar-refractivity contribution is 0.264. The highest BCUT2D eigenvalue weighted by atomic mass is 32.2. The summed E-state index contributed by atoms with van der Waals surface area (Å²) in [6.07, 6.45) is 1.98. The zero-order valence-electron chi connectivity index (χ0n) is 20.0. The molecule has 1 atom stereocenters. The molecule has 182 valence electrons. The molecular weight excluding hydrogens is 464 g/mol. The van der Waals surface area contributed by atoms with Gasteiger partial charge in [0.25, 0.3) is 5.56 Å². The zero-order chi connectivity index (χ0) is 24.7. The maximum Gasteiger partial charge on any atom is 0.253 e. The number of fused-ring (bicyclic) bond motifs is 1. The summed E-state index contributed by atoms with van der Waals surface area (Å²) in [5.41, 5.74) is 4.10. The van der Waals surface area contributed by atoms with Crippen LogP contribution in [-0.2, 0) is 15.7 Å². The van der Waals surface area contributed by atoms with Crippen molar-refractivity contribution in [1.82, 2.24) is 30.1 Å². The number of hydrogen-bond donors (Lipinski definition) is 1. The van der Waals surface area contributed by atoms with Crippen LogP contribution in [-0.4, -0.2) is 51.6 Å². The number of likely N-dealkylation sites (tertiary alicyclic amines) is 1. The number of hydrogen-bond acceptors (Lipinski definition) is 7. The molecule has 0 saturated carbocycles. The quantitative estimate of drug-likeness (QED) is 0.440. The minimum Gasteiger partial charge on any atom is -0.321 e. The molecule has 35 heavy (non-hydrogen) atoms. The fraction of sp³-hybridized carbons (Fsp3) is 0.360. The molecule has 9 nitrogen and oxygen atoms in total. The number of pyridine rings is 1. The first-order valence-electron chi connectivity index (χ1n) is 11.7. The van der Waals surface area contributed by atoms with Crippen molar-refractivity contribution in [2.75, 3.05) is 13.1 Å². The van der Waals surface area contributed by atoms with Gasteiger partial charge in [0, 0.05) is 10.9 Å². The minimum atomic E-state index is -3.70. The first kappa shape index (κ1) is 23.4. The van der Waals surface area contributed by atoms with Crippen molar-refractivity contribution in [3.05, 3.63) is 80.9 Å². The van der Waals surface area contributed by atoms with E-state index in [9.17, 15) is 13.2 Å². The predicted octanol–water partition coefficient (Wildman–Crippen LogP) is 3.06. The van der Waals surface area contributed by atoms with E-state index in [1.165, 1.54) is 4.68 Å². The highest BCUT2D eigenvalue weighted by Gasteiger charge is 2.33. The number of aryl methyl sites for hydroxylation is 3. The van der Waals surface area contributed by atoms with Crippen LogP contribution < -0.4 is 5.56 Å². The molecular formula is C25H28N6O3S. The van der Waals surface area contributed by atoms with Crippen molar-refractivity contribution in [1.29, 1.82) is 0 Å². The van der Waals surface area contributed by atoms with Gasteiger partial charge in [0.05, 0.1) is 10.4 Å². The Bertz CT molecular complexity index is 1550. The highest BCUT2D eigenvalue weighted by Crippen LogP contribution is 2.31. The van der Waals surface area contributed by atoms with E-state index in [4.69, 9.17) is 0 Å². The van der Waals surface area contributed by atoms with Gasteiger partial charge in [0.1, 0.15) is 6.04 Å². The average molecular weight is 493 g/mol. The molecule has 1 saturated heterocycles. The minimum absolute atomic E-state index is 0.205. The van der Waals surface area contributed by atoms with Crippen LogP contribution in [0.1, 0.15) is 47.0 Å². The van der Waals surface area contributed by atoms with Gasteiger partial charge in [-0.2, -0.15) is 0 Å². The van der Waals surface area contributed by atoms with E-state index < -0.39 is 21.8 Å². The monoisotopic (exact) mass is 492 g/mol. The number of nitrogens with one attached hydrogen (secondary N) is 1. The Morgan fingerprint density at radius 1 is 1.00 bits per heavy atom. The van der Waals surface area contributed by atoms with Crippen LogP contribution in [0.25, 0.3) is 10.9 Å². The van der Waals surface area contributed by atoms with Crippen LogP contribution in [0.2, 0.25) is 0 Å². The van der Waals surface area contributed by atoms with Crippen LogP contribution in [0.15, 0.2) is 52.2 Å². The van der Waals surface area contributed by atoms with Gasteiger partial charge in [-0.25, -0.2) is 13.1 Å². The molecule has 3 heterocycles. The number of tetrazole rings is 1. The molecule has 0 radical (unpaired) electrons. The second kappa shape index (κ2) is 9.01. The summed E-state index contributed by atoms with van der Waals surface area (Å²) in [7, 11) is -3.70. The average Bonchev–Trinajstić information content (AvgIpc) is 3.51. The van der Waals surface area contributed by atoms with Gasteiger partial charge in [-0.05, 0) is 86.5 Å². The SMILES string of the molecule is Cc1ccc(S(=O)(=O)Cn2nnnc2C(c2cc3c(C)ccc(C)c3[nH]c2=O)N2CCCC2)cc1. The third-order valence-corrected chi connectivity index (χ3v) is 8.32. The number of sulfone groups is 1. The first-order chi connectivity index (χ1) is 16.7. The summed E-state index contributed by atoms with van der Waals surface area (Å²) < 4.78 is 27.6. The number of rotatable bonds is 6. The Labute approximate surface area is 203 Å². The van der Waals surface area contributed by atoms with Crippen LogP contribution in [0.3, 0.4) is 0 Å². The fourth-order valence-electron chi connectivity index (χ4n) is 4.77. The molecule has 0 amide bonds. The Morgan fingerprint density at radius 3 is 2.40 bits per heavy atom. The number of benzene rings is 2. The summed E-state index contributed by atoms with van der Waals surface area (Å²) >= 11 is 0. The van der Waals surface area contributed by atoms with Crippen molar-refractivity contribution in [2.24, 2.45) is 0 Å². The van der Waals surface area contributed by atoms with Crippen LogP contribution >= 0.6 is 0 Å². The third kappa shape index (κ3) is 4.39. The third-order valence-electron chi connectivity index (χ3n) is 6.75. The van der Waals surface area contributed by atoms with Gasteiger partial charge in [-0.3, -0.25) is 9.69 Å². The van der Waals surface area contributed by atoms with E-state index in [0.717, 1.165) is 53.5 Å². The summed E-state index contributed by atoms with van der Waals surface area (Å²) in [5.74, 6) is -0.0652. The summed E-state index contributed by atoms with van der Waals surface area (Å²) in [5, 5.41) is 13.0. The number of H-pyrrole nitrogens is 1. The van der Waals surface area contributed by atoms with E-state index in [1.54, 1.807) is 24.3 Å². The number of aromatic nitrogens is 5. The molecule has 0 aliphatic carbocycles. The summed E-state index contributed by atoms with van der Waals surface area (Å²) in [6, 6.07) is 12.1.